The minimum Gasteiger partial charge on any atom is -0.493 e. The molecule has 0 amide bonds. The molecule has 3 rings (SSSR count). The van der Waals surface area contributed by atoms with Crippen molar-refractivity contribution in [3.63, 3.8) is 0 Å². The summed E-state index contributed by atoms with van der Waals surface area (Å²) in [6, 6.07) is 2.93. The van der Waals surface area contributed by atoms with E-state index in [1.54, 1.807) is 6.07 Å². The molecule has 0 unspecified atom stereocenters. The highest BCUT2D eigenvalue weighted by molar-refractivity contribution is 6.34. The third-order valence-electron chi connectivity index (χ3n) is 3.64. The molecule has 0 bridgehead atoms. The first kappa shape index (κ1) is 14.3. The molecule has 2 aromatic rings. The molecule has 0 aliphatic heterocycles. The molecule has 1 aromatic heterocycles. The van der Waals surface area contributed by atoms with Crippen LogP contribution in [-0.4, -0.2) is 23.7 Å². The number of hydrogen-bond acceptors (Lipinski definition) is 4. The van der Waals surface area contributed by atoms with Crippen LogP contribution in [0.15, 0.2) is 12.1 Å². The van der Waals surface area contributed by atoms with Crippen LogP contribution in [0, 0.1) is 0 Å². The number of rotatable bonds is 4. The SMILES string of the molecule is COc1cc2nc(C3CCC3)nc(Cl)c2cc1OC(F)F. The first-order valence-electron chi connectivity index (χ1n) is 6.58. The predicted molar refractivity (Wildman–Crippen MR) is 74.3 cm³/mol. The summed E-state index contributed by atoms with van der Waals surface area (Å²) in [7, 11) is 1.38. The maximum absolute atomic E-state index is 12.4. The van der Waals surface area contributed by atoms with Crippen molar-refractivity contribution in [1.82, 2.24) is 9.97 Å². The summed E-state index contributed by atoms with van der Waals surface area (Å²) in [6.07, 6.45) is 3.26. The predicted octanol–water partition coefficient (Wildman–Crippen LogP) is 4.16. The minimum atomic E-state index is -2.94. The Morgan fingerprint density at radius 3 is 2.57 bits per heavy atom. The Hall–Kier alpha value is -1.69. The third-order valence-corrected chi connectivity index (χ3v) is 3.93. The second kappa shape index (κ2) is 5.60. The van der Waals surface area contributed by atoms with Gasteiger partial charge in [-0.15, -0.1) is 0 Å². The number of ether oxygens (including phenoxy) is 2. The van der Waals surface area contributed by atoms with Gasteiger partial charge in [0.2, 0.25) is 0 Å². The molecule has 112 valence electrons. The lowest BCUT2D eigenvalue weighted by Gasteiger charge is -2.24. The van der Waals surface area contributed by atoms with Gasteiger partial charge in [0, 0.05) is 17.4 Å². The molecule has 0 spiro atoms. The number of hydrogen-bond donors (Lipinski definition) is 0. The second-order valence-corrected chi connectivity index (χ2v) is 5.26. The van der Waals surface area contributed by atoms with E-state index in [1.807, 2.05) is 0 Å². The van der Waals surface area contributed by atoms with E-state index < -0.39 is 6.61 Å². The summed E-state index contributed by atoms with van der Waals surface area (Å²) >= 11 is 6.16. The van der Waals surface area contributed by atoms with Crippen molar-refractivity contribution >= 4 is 22.5 Å². The topological polar surface area (TPSA) is 44.2 Å². The van der Waals surface area contributed by atoms with Crippen molar-refractivity contribution in [2.75, 3.05) is 7.11 Å². The Labute approximate surface area is 125 Å². The summed E-state index contributed by atoms with van der Waals surface area (Å²) in [4.78, 5) is 8.74. The van der Waals surface area contributed by atoms with Crippen molar-refractivity contribution in [1.29, 1.82) is 0 Å². The largest absolute Gasteiger partial charge is 0.493 e. The van der Waals surface area contributed by atoms with Gasteiger partial charge < -0.3 is 9.47 Å². The van der Waals surface area contributed by atoms with Gasteiger partial charge in [0.05, 0.1) is 12.6 Å². The number of halogens is 3. The zero-order chi connectivity index (χ0) is 15.0. The molecule has 1 aliphatic carbocycles. The molecular formula is C14H13ClF2N2O2. The third kappa shape index (κ3) is 2.72. The molecule has 1 aromatic carbocycles. The van der Waals surface area contributed by atoms with Crippen LogP contribution in [0.1, 0.15) is 31.0 Å². The number of fused-ring (bicyclic) bond motifs is 1. The smallest absolute Gasteiger partial charge is 0.387 e. The van der Waals surface area contributed by atoms with Crippen LogP contribution in [0.4, 0.5) is 8.78 Å². The van der Waals surface area contributed by atoms with Crippen LogP contribution in [-0.2, 0) is 0 Å². The Morgan fingerprint density at radius 1 is 1.24 bits per heavy atom. The van der Waals surface area contributed by atoms with Gasteiger partial charge in [-0.05, 0) is 18.9 Å². The molecule has 0 atom stereocenters. The van der Waals surface area contributed by atoms with Crippen LogP contribution >= 0.6 is 11.6 Å². The molecule has 4 nitrogen and oxygen atoms in total. The Bertz CT molecular complexity index is 678. The van der Waals surface area contributed by atoms with E-state index in [1.165, 1.54) is 13.2 Å². The van der Waals surface area contributed by atoms with Crippen LogP contribution in [0.25, 0.3) is 10.9 Å². The van der Waals surface area contributed by atoms with Gasteiger partial charge in [0.25, 0.3) is 0 Å². The molecule has 0 radical (unpaired) electrons. The van der Waals surface area contributed by atoms with E-state index in [9.17, 15) is 8.78 Å². The summed E-state index contributed by atoms with van der Waals surface area (Å²) in [5.74, 6) is 1.14. The van der Waals surface area contributed by atoms with Gasteiger partial charge in [-0.25, -0.2) is 9.97 Å². The highest BCUT2D eigenvalue weighted by atomic mass is 35.5. The molecule has 0 N–H and O–H groups in total. The van der Waals surface area contributed by atoms with Gasteiger partial charge in [-0.1, -0.05) is 18.0 Å². The van der Waals surface area contributed by atoms with Gasteiger partial charge in [0.1, 0.15) is 11.0 Å². The summed E-state index contributed by atoms with van der Waals surface area (Å²) < 4.78 is 34.3. The summed E-state index contributed by atoms with van der Waals surface area (Å²) in [6.45, 7) is -2.94. The highest BCUT2D eigenvalue weighted by Gasteiger charge is 2.24. The van der Waals surface area contributed by atoms with E-state index in [-0.39, 0.29) is 16.7 Å². The van der Waals surface area contributed by atoms with E-state index in [0.717, 1.165) is 19.3 Å². The zero-order valence-electron chi connectivity index (χ0n) is 11.3. The number of methoxy groups -OCH3 is 1. The average Bonchev–Trinajstić information content (AvgIpc) is 2.36. The monoisotopic (exact) mass is 314 g/mol. The van der Waals surface area contributed by atoms with Crippen molar-refractivity contribution in [3.05, 3.63) is 23.1 Å². The number of benzene rings is 1. The summed E-state index contributed by atoms with van der Waals surface area (Å²) in [5, 5.41) is 0.708. The van der Waals surface area contributed by atoms with Crippen molar-refractivity contribution in [3.8, 4) is 11.5 Å². The lowest BCUT2D eigenvalue weighted by molar-refractivity contribution is -0.0511. The van der Waals surface area contributed by atoms with Gasteiger partial charge in [-0.2, -0.15) is 8.78 Å². The number of alkyl halides is 2. The van der Waals surface area contributed by atoms with Crippen LogP contribution in [0.5, 0.6) is 11.5 Å². The number of aromatic nitrogens is 2. The van der Waals surface area contributed by atoms with Gasteiger partial charge >= 0.3 is 6.61 Å². The second-order valence-electron chi connectivity index (χ2n) is 4.90. The van der Waals surface area contributed by atoms with E-state index in [4.69, 9.17) is 16.3 Å². The van der Waals surface area contributed by atoms with E-state index >= 15 is 0 Å². The quantitative estimate of drug-likeness (QED) is 0.795. The summed E-state index contributed by atoms with van der Waals surface area (Å²) in [5.41, 5.74) is 0.565. The average molecular weight is 315 g/mol. The van der Waals surface area contributed by atoms with Crippen molar-refractivity contribution in [2.45, 2.75) is 31.8 Å². The molecule has 7 heteroatoms. The normalized spacial score (nSPS) is 15.3. The van der Waals surface area contributed by atoms with Crippen molar-refractivity contribution < 1.29 is 18.3 Å². The van der Waals surface area contributed by atoms with Crippen LogP contribution in [0.2, 0.25) is 5.15 Å². The lowest BCUT2D eigenvalue weighted by atomic mass is 9.85. The Balaban J connectivity index is 2.10. The Morgan fingerprint density at radius 2 is 2.00 bits per heavy atom. The van der Waals surface area contributed by atoms with Crippen LogP contribution in [0.3, 0.4) is 0 Å². The fourth-order valence-electron chi connectivity index (χ4n) is 2.31. The molecule has 0 saturated heterocycles. The zero-order valence-corrected chi connectivity index (χ0v) is 12.0. The lowest BCUT2D eigenvalue weighted by Crippen LogP contribution is -2.13. The maximum atomic E-state index is 12.4. The van der Waals surface area contributed by atoms with E-state index in [2.05, 4.69) is 14.7 Å². The van der Waals surface area contributed by atoms with Gasteiger partial charge in [0.15, 0.2) is 11.5 Å². The molecule has 1 saturated carbocycles. The molecule has 1 aliphatic rings. The first-order chi connectivity index (χ1) is 10.1. The fraction of sp³-hybridized carbons (Fsp3) is 0.429. The fourth-order valence-corrected chi connectivity index (χ4v) is 2.55. The van der Waals surface area contributed by atoms with Gasteiger partial charge in [-0.3, -0.25) is 0 Å². The Kier molecular flexibility index (Phi) is 3.80. The van der Waals surface area contributed by atoms with E-state index in [0.29, 0.717) is 22.6 Å². The standard InChI is InChI=1S/C14H13ClF2N2O2/c1-20-10-6-9-8(5-11(10)21-14(16)17)12(15)19-13(18-9)7-3-2-4-7/h5-7,14H,2-4H2,1H3. The van der Waals surface area contributed by atoms with Crippen LogP contribution < -0.4 is 9.47 Å². The first-order valence-corrected chi connectivity index (χ1v) is 6.96. The molecule has 1 heterocycles. The molecule has 21 heavy (non-hydrogen) atoms. The highest BCUT2D eigenvalue weighted by Crippen LogP contribution is 2.38. The molecule has 1 fully saturated rings. The maximum Gasteiger partial charge on any atom is 0.387 e. The van der Waals surface area contributed by atoms with Crippen molar-refractivity contribution in [2.24, 2.45) is 0 Å². The minimum absolute atomic E-state index is 0.0816. The molecular weight excluding hydrogens is 302 g/mol. The number of nitrogens with zero attached hydrogens (tertiary/aromatic N) is 2.